The first-order valence-corrected chi connectivity index (χ1v) is 3.91. The molecule has 1 N–H and O–H groups in total. The van der Waals surface area contributed by atoms with Gasteiger partial charge < -0.3 is 5.32 Å². The fourth-order valence-corrected chi connectivity index (χ4v) is 1.21. The molecule has 1 heterocycles. The van der Waals surface area contributed by atoms with Gasteiger partial charge in [-0.3, -0.25) is 0 Å². The van der Waals surface area contributed by atoms with E-state index < -0.39 is 0 Å². The van der Waals surface area contributed by atoms with Crippen LogP contribution < -0.4 is 10.6 Å². The van der Waals surface area contributed by atoms with Crippen molar-refractivity contribution < 1.29 is 0 Å². The van der Waals surface area contributed by atoms with Crippen molar-refractivity contribution in [1.29, 1.82) is 0 Å². The molecule has 1 rings (SSSR count). The molecule has 1 aliphatic heterocycles. The van der Waals surface area contributed by atoms with Crippen molar-refractivity contribution in [2.75, 3.05) is 19.6 Å². The maximum absolute atomic E-state index is 4.42. The molecular formula is C8H15N2. The van der Waals surface area contributed by atoms with Crippen LogP contribution in [0.4, 0.5) is 0 Å². The predicted octanol–water partition coefficient (Wildman–Crippen LogP) is 0.529. The van der Waals surface area contributed by atoms with Crippen LogP contribution in [0.25, 0.3) is 0 Å². The van der Waals surface area contributed by atoms with Gasteiger partial charge >= 0.3 is 0 Å². The fourth-order valence-electron chi connectivity index (χ4n) is 1.21. The Kier molecular flexibility index (Phi) is 3.47. The lowest BCUT2D eigenvalue weighted by molar-refractivity contribution is 0.396. The maximum Gasteiger partial charge on any atom is 0.0374 e. The largest absolute Gasteiger partial charge is 0.315 e. The third-order valence-electron chi connectivity index (χ3n) is 1.76. The average molecular weight is 139 g/mol. The molecule has 0 aromatic carbocycles. The highest BCUT2D eigenvalue weighted by molar-refractivity contribution is 4.78. The van der Waals surface area contributed by atoms with E-state index in [1.807, 2.05) is 6.08 Å². The van der Waals surface area contributed by atoms with Crippen LogP contribution in [0.5, 0.6) is 0 Å². The number of hydrogen-bond donors (Lipinski definition) is 1. The monoisotopic (exact) mass is 139 g/mol. The normalized spacial score (nSPS) is 26.2. The summed E-state index contributed by atoms with van der Waals surface area (Å²) in [5, 5.41) is 7.74. The van der Waals surface area contributed by atoms with Crippen molar-refractivity contribution in [3.63, 3.8) is 0 Å². The first-order valence-electron chi connectivity index (χ1n) is 3.91. The van der Waals surface area contributed by atoms with Crippen LogP contribution in [0, 0.1) is 0 Å². The molecule has 1 saturated heterocycles. The van der Waals surface area contributed by atoms with Gasteiger partial charge in [-0.15, -0.1) is 6.58 Å². The molecule has 57 valence electrons. The summed E-state index contributed by atoms with van der Waals surface area (Å²) in [7, 11) is 0. The standard InChI is InChI=1S/C8H15N2/c1-2-5-10-8-4-3-6-9-7-8/h2,8-9H,1,3-7H2. The summed E-state index contributed by atoms with van der Waals surface area (Å²) in [5.41, 5.74) is 0. The number of nitrogens with zero attached hydrogens (tertiary/aromatic N) is 1. The Morgan fingerprint density at radius 1 is 1.70 bits per heavy atom. The van der Waals surface area contributed by atoms with E-state index in [-0.39, 0.29) is 0 Å². The van der Waals surface area contributed by atoms with Crippen LogP contribution in [-0.4, -0.2) is 25.7 Å². The van der Waals surface area contributed by atoms with E-state index in [1.54, 1.807) is 0 Å². The van der Waals surface area contributed by atoms with Gasteiger partial charge in [0.2, 0.25) is 0 Å². The van der Waals surface area contributed by atoms with Crippen molar-refractivity contribution in [1.82, 2.24) is 10.6 Å². The van der Waals surface area contributed by atoms with E-state index in [4.69, 9.17) is 0 Å². The summed E-state index contributed by atoms with van der Waals surface area (Å²) in [6.07, 6.45) is 4.38. The minimum atomic E-state index is 0.548. The molecule has 10 heavy (non-hydrogen) atoms. The first kappa shape index (κ1) is 7.76. The van der Waals surface area contributed by atoms with Gasteiger partial charge in [-0.1, -0.05) is 6.08 Å². The molecule has 1 fully saturated rings. The van der Waals surface area contributed by atoms with Crippen LogP contribution in [0.15, 0.2) is 12.7 Å². The second-order valence-electron chi connectivity index (χ2n) is 2.65. The van der Waals surface area contributed by atoms with Gasteiger partial charge in [-0.25, -0.2) is 5.32 Å². The third-order valence-corrected chi connectivity index (χ3v) is 1.76. The van der Waals surface area contributed by atoms with Crippen molar-refractivity contribution in [3.05, 3.63) is 12.7 Å². The van der Waals surface area contributed by atoms with Gasteiger partial charge in [0.25, 0.3) is 0 Å². The predicted molar refractivity (Wildman–Crippen MR) is 43.1 cm³/mol. The summed E-state index contributed by atoms with van der Waals surface area (Å²) in [4.78, 5) is 0. The molecule has 0 bridgehead atoms. The summed E-state index contributed by atoms with van der Waals surface area (Å²) in [5.74, 6) is 0. The van der Waals surface area contributed by atoms with E-state index in [1.165, 1.54) is 19.4 Å². The van der Waals surface area contributed by atoms with E-state index in [9.17, 15) is 0 Å². The minimum absolute atomic E-state index is 0.548. The maximum atomic E-state index is 4.42. The Labute approximate surface area is 62.7 Å². The molecule has 0 spiro atoms. The van der Waals surface area contributed by atoms with Crippen molar-refractivity contribution in [3.8, 4) is 0 Å². The average Bonchev–Trinajstić information content (AvgIpc) is 2.03. The quantitative estimate of drug-likeness (QED) is 0.567. The molecule has 2 heteroatoms. The van der Waals surface area contributed by atoms with Crippen LogP contribution in [0.1, 0.15) is 12.8 Å². The second kappa shape index (κ2) is 4.47. The molecule has 0 amide bonds. The van der Waals surface area contributed by atoms with E-state index in [0.29, 0.717) is 6.04 Å². The van der Waals surface area contributed by atoms with Gasteiger partial charge in [-0.2, -0.15) is 0 Å². The van der Waals surface area contributed by atoms with E-state index >= 15 is 0 Å². The molecule has 1 atom stereocenters. The highest BCUT2D eigenvalue weighted by Gasteiger charge is 2.11. The molecule has 0 aromatic heterocycles. The van der Waals surface area contributed by atoms with Crippen LogP contribution >= 0.6 is 0 Å². The Bertz CT molecular complexity index is 95.4. The van der Waals surface area contributed by atoms with Crippen molar-refractivity contribution in [2.45, 2.75) is 18.9 Å². The fraction of sp³-hybridized carbons (Fsp3) is 0.750. The Morgan fingerprint density at radius 3 is 3.20 bits per heavy atom. The second-order valence-corrected chi connectivity index (χ2v) is 2.65. The molecule has 1 unspecified atom stereocenters. The number of rotatable bonds is 3. The topological polar surface area (TPSA) is 26.1 Å². The van der Waals surface area contributed by atoms with Crippen molar-refractivity contribution >= 4 is 0 Å². The van der Waals surface area contributed by atoms with Gasteiger partial charge in [0.05, 0.1) is 0 Å². The Hall–Kier alpha value is -0.340. The SMILES string of the molecule is C=CC[N]C1CCCNC1. The van der Waals surface area contributed by atoms with Gasteiger partial charge in [-0.05, 0) is 19.4 Å². The zero-order valence-electron chi connectivity index (χ0n) is 6.34. The van der Waals surface area contributed by atoms with Gasteiger partial charge in [0.1, 0.15) is 0 Å². The third kappa shape index (κ3) is 2.50. The highest BCUT2D eigenvalue weighted by atomic mass is 15.0. The number of nitrogens with one attached hydrogen (secondary N) is 1. The van der Waals surface area contributed by atoms with Crippen LogP contribution in [0.3, 0.4) is 0 Å². The Morgan fingerprint density at radius 2 is 2.60 bits per heavy atom. The first-order chi connectivity index (χ1) is 4.93. The minimum Gasteiger partial charge on any atom is -0.315 e. The summed E-state index contributed by atoms with van der Waals surface area (Å²) in [6, 6.07) is 0.548. The molecule has 0 aromatic rings. The highest BCUT2D eigenvalue weighted by Crippen LogP contribution is 2.01. The lowest BCUT2D eigenvalue weighted by Crippen LogP contribution is -2.39. The zero-order valence-corrected chi connectivity index (χ0v) is 6.34. The smallest absolute Gasteiger partial charge is 0.0374 e. The molecule has 1 aliphatic rings. The lowest BCUT2D eigenvalue weighted by atomic mass is 10.1. The molecule has 2 nitrogen and oxygen atoms in total. The molecular weight excluding hydrogens is 124 g/mol. The summed E-state index contributed by atoms with van der Waals surface area (Å²) in [6.45, 7) is 6.67. The summed E-state index contributed by atoms with van der Waals surface area (Å²) >= 11 is 0. The Balaban J connectivity index is 2.07. The number of hydrogen-bond acceptors (Lipinski definition) is 1. The number of piperidine rings is 1. The van der Waals surface area contributed by atoms with Crippen LogP contribution in [-0.2, 0) is 0 Å². The van der Waals surface area contributed by atoms with Gasteiger partial charge in [0, 0.05) is 19.1 Å². The molecule has 0 aliphatic carbocycles. The van der Waals surface area contributed by atoms with Crippen LogP contribution in [0.2, 0.25) is 0 Å². The van der Waals surface area contributed by atoms with E-state index in [2.05, 4.69) is 17.2 Å². The van der Waals surface area contributed by atoms with Crippen molar-refractivity contribution in [2.24, 2.45) is 0 Å². The lowest BCUT2D eigenvalue weighted by Gasteiger charge is -2.21. The summed E-state index contributed by atoms with van der Waals surface area (Å²) < 4.78 is 0. The van der Waals surface area contributed by atoms with Gasteiger partial charge in [0.15, 0.2) is 0 Å². The van der Waals surface area contributed by atoms with E-state index in [0.717, 1.165) is 13.1 Å². The molecule has 1 radical (unpaired) electrons. The molecule has 0 saturated carbocycles. The zero-order chi connectivity index (χ0) is 7.23.